The van der Waals surface area contributed by atoms with Crippen LogP contribution < -0.4 is 10.1 Å². The van der Waals surface area contributed by atoms with Gasteiger partial charge in [0, 0.05) is 48.5 Å². The highest BCUT2D eigenvalue weighted by molar-refractivity contribution is 7.10. The zero-order chi connectivity index (χ0) is 26.4. The molecule has 1 aliphatic heterocycles. The molecule has 0 unspecified atom stereocenters. The van der Waals surface area contributed by atoms with Crippen molar-refractivity contribution in [2.75, 3.05) is 18.4 Å². The molecule has 0 atom stereocenters. The molecule has 4 rings (SSSR count). The van der Waals surface area contributed by atoms with Crippen LogP contribution in [-0.2, 0) is 4.79 Å². The van der Waals surface area contributed by atoms with E-state index in [1.54, 1.807) is 29.6 Å². The number of carbonyl (C=O) groups is 2. The van der Waals surface area contributed by atoms with Crippen molar-refractivity contribution < 1.29 is 27.5 Å². The third kappa shape index (κ3) is 6.89. The van der Waals surface area contributed by atoms with Gasteiger partial charge < -0.3 is 15.0 Å². The molecule has 0 spiro atoms. The molecule has 1 aliphatic rings. The fourth-order valence-electron chi connectivity index (χ4n) is 4.16. The Kier molecular flexibility index (Phi) is 8.14. The average Bonchev–Trinajstić information content (AvgIpc) is 3.38. The molecule has 10 heteroatoms. The second kappa shape index (κ2) is 11.5. The van der Waals surface area contributed by atoms with Gasteiger partial charge in [-0.25, -0.2) is 4.98 Å². The molecule has 2 aromatic carbocycles. The lowest BCUT2D eigenvalue weighted by Gasteiger charge is -2.31. The van der Waals surface area contributed by atoms with Crippen molar-refractivity contribution in [1.29, 1.82) is 0 Å². The van der Waals surface area contributed by atoms with E-state index in [2.05, 4.69) is 21.0 Å². The number of anilines is 1. The fourth-order valence-corrected chi connectivity index (χ4v) is 5.13. The standard InChI is InChI=1S/C27H24F3N3O3S/c1-2-3-8-24(34)33-15-13-19(14-16-33)26-32-23(17-37-26)25(35)31-22-7-5-4-6-21(22)18-9-11-20(12-10-18)36-27(28,29)30/h1,4-7,9-12,17,19H,3,8,13-16H2,(H,31,35). The molecule has 0 radical (unpaired) electrons. The van der Waals surface area contributed by atoms with Gasteiger partial charge in [0.25, 0.3) is 5.91 Å². The van der Waals surface area contributed by atoms with Crippen LogP contribution in [0.15, 0.2) is 53.9 Å². The number of terminal acetylenes is 1. The minimum absolute atomic E-state index is 0.0665. The number of hydrogen-bond acceptors (Lipinski definition) is 5. The predicted molar refractivity (Wildman–Crippen MR) is 135 cm³/mol. The number of likely N-dealkylation sites (tertiary alicyclic amines) is 1. The van der Waals surface area contributed by atoms with Crippen LogP contribution in [-0.4, -0.2) is 41.2 Å². The van der Waals surface area contributed by atoms with E-state index in [-0.39, 0.29) is 29.2 Å². The molecular weight excluding hydrogens is 503 g/mol. The highest BCUT2D eigenvalue weighted by Gasteiger charge is 2.31. The van der Waals surface area contributed by atoms with Crippen molar-refractivity contribution in [2.24, 2.45) is 0 Å². The summed E-state index contributed by atoms with van der Waals surface area (Å²) in [6.45, 7) is 1.27. The summed E-state index contributed by atoms with van der Waals surface area (Å²) in [4.78, 5) is 31.5. The van der Waals surface area contributed by atoms with E-state index in [0.29, 0.717) is 42.7 Å². The Morgan fingerprint density at radius 2 is 1.84 bits per heavy atom. The van der Waals surface area contributed by atoms with Crippen molar-refractivity contribution in [2.45, 2.75) is 38.0 Å². The Morgan fingerprint density at radius 1 is 1.14 bits per heavy atom. The number of para-hydroxylation sites is 1. The number of hydrogen-bond donors (Lipinski definition) is 1. The normalized spacial score (nSPS) is 14.2. The first-order valence-electron chi connectivity index (χ1n) is 11.7. The molecule has 37 heavy (non-hydrogen) atoms. The van der Waals surface area contributed by atoms with Gasteiger partial charge in [0.2, 0.25) is 5.91 Å². The van der Waals surface area contributed by atoms with Crippen molar-refractivity contribution >= 4 is 28.8 Å². The smallest absolute Gasteiger partial charge is 0.406 e. The predicted octanol–water partition coefficient (Wildman–Crippen LogP) is 6.08. The molecule has 0 saturated carbocycles. The summed E-state index contributed by atoms with van der Waals surface area (Å²) in [5.41, 5.74) is 2.06. The average molecular weight is 528 g/mol. The van der Waals surface area contributed by atoms with Gasteiger partial charge in [-0.2, -0.15) is 0 Å². The molecule has 2 heterocycles. The number of ether oxygens (including phenoxy) is 1. The molecule has 3 aromatic rings. The summed E-state index contributed by atoms with van der Waals surface area (Å²) in [6.07, 6.45) is 2.81. The van der Waals surface area contributed by atoms with Crippen LogP contribution >= 0.6 is 11.3 Å². The Labute approximate surface area is 216 Å². The second-order valence-corrected chi connectivity index (χ2v) is 9.39. The highest BCUT2D eigenvalue weighted by Crippen LogP contribution is 2.33. The van der Waals surface area contributed by atoms with Crippen LogP contribution in [0.3, 0.4) is 0 Å². The number of nitrogens with one attached hydrogen (secondary N) is 1. The zero-order valence-corrected chi connectivity index (χ0v) is 20.6. The number of carbonyl (C=O) groups excluding carboxylic acids is 2. The largest absolute Gasteiger partial charge is 0.573 e. The first kappa shape index (κ1) is 26.2. The van der Waals surface area contributed by atoms with Crippen LogP contribution in [0.25, 0.3) is 11.1 Å². The van der Waals surface area contributed by atoms with Gasteiger partial charge in [0.1, 0.15) is 11.4 Å². The molecule has 192 valence electrons. The third-order valence-corrected chi connectivity index (χ3v) is 7.02. The summed E-state index contributed by atoms with van der Waals surface area (Å²) in [5.74, 6) is 2.03. The molecule has 2 amide bonds. The first-order valence-corrected chi connectivity index (χ1v) is 12.5. The number of amides is 2. The number of rotatable bonds is 7. The molecule has 1 aromatic heterocycles. The molecule has 0 aliphatic carbocycles. The van der Waals surface area contributed by atoms with E-state index in [0.717, 1.165) is 17.8 Å². The van der Waals surface area contributed by atoms with Gasteiger partial charge in [0.05, 0.1) is 5.01 Å². The molecule has 1 saturated heterocycles. The van der Waals surface area contributed by atoms with Crippen molar-refractivity contribution in [3.63, 3.8) is 0 Å². The Bertz CT molecular complexity index is 1290. The minimum Gasteiger partial charge on any atom is -0.406 e. The summed E-state index contributed by atoms with van der Waals surface area (Å²) < 4.78 is 41.3. The maximum atomic E-state index is 13.0. The van der Waals surface area contributed by atoms with Crippen LogP contribution in [0.4, 0.5) is 18.9 Å². The topological polar surface area (TPSA) is 71.5 Å². The third-order valence-electron chi connectivity index (χ3n) is 6.01. The van der Waals surface area contributed by atoms with E-state index in [1.807, 2.05) is 4.90 Å². The lowest BCUT2D eigenvalue weighted by atomic mass is 9.97. The van der Waals surface area contributed by atoms with E-state index in [4.69, 9.17) is 6.42 Å². The monoisotopic (exact) mass is 527 g/mol. The Morgan fingerprint density at radius 3 is 2.51 bits per heavy atom. The van der Waals surface area contributed by atoms with E-state index in [1.165, 1.54) is 35.6 Å². The van der Waals surface area contributed by atoms with Crippen LogP contribution in [0, 0.1) is 12.3 Å². The van der Waals surface area contributed by atoms with Gasteiger partial charge in [-0.15, -0.1) is 36.9 Å². The summed E-state index contributed by atoms with van der Waals surface area (Å²) in [7, 11) is 0. The fraction of sp³-hybridized carbons (Fsp3) is 0.296. The Balaban J connectivity index is 1.40. The van der Waals surface area contributed by atoms with Crippen LogP contribution in [0.1, 0.15) is 47.1 Å². The van der Waals surface area contributed by atoms with Crippen molar-refractivity contribution in [3.8, 4) is 29.2 Å². The molecular formula is C27H24F3N3O3S. The second-order valence-electron chi connectivity index (χ2n) is 8.50. The summed E-state index contributed by atoms with van der Waals surface area (Å²) in [6, 6.07) is 12.5. The molecule has 0 bridgehead atoms. The first-order chi connectivity index (χ1) is 17.7. The number of alkyl halides is 3. The van der Waals surface area contributed by atoms with Gasteiger partial charge in [-0.05, 0) is 36.6 Å². The molecule has 6 nitrogen and oxygen atoms in total. The number of nitrogens with zero attached hydrogens (tertiary/aromatic N) is 2. The molecule has 1 fully saturated rings. The lowest BCUT2D eigenvalue weighted by Crippen LogP contribution is -2.37. The Hall–Kier alpha value is -3.84. The highest BCUT2D eigenvalue weighted by atomic mass is 32.1. The summed E-state index contributed by atoms with van der Waals surface area (Å²) in [5, 5.41) is 5.43. The van der Waals surface area contributed by atoms with E-state index < -0.39 is 6.36 Å². The van der Waals surface area contributed by atoms with Gasteiger partial charge in [-0.3, -0.25) is 9.59 Å². The quantitative estimate of drug-likeness (QED) is 0.378. The molecule has 1 N–H and O–H groups in total. The minimum atomic E-state index is -4.77. The number of aromatic nitrogens is 1. The maximum Gasteiger partial charge on any atom is 0.573 e. The number of benzene rings is 2. The SMILES string of the molecule is C#CCCC(=O)N1CCC(c2nc(C(=O)Nc3ccccc3-c3ccc(OC(F)(F)F)cc3)cs2)CC1. The number of halogens is 3. The van der Waals surface area contributed by atoms with E-state index >= 15 is 0 Å². The van der Waals surface area contributed by atoms with Gasteiger partial charge >= 0.3 is 6.36 Å². The van der Waals surface area contributed by atoms with Gasteiger partial charge in [-0.1, -0.05) is 30.3 Å². The van der Waals surface area contributed by atoms with Crippen molar-refractivity contribution in [3.05, 3.63) is 64.6 Å². The van der Waals surface area contributed by atoms with Crippen molar-refractivity contribution in [1.82, 2.24) is 9.88 Å². The zero-order valence-electron chi connectivity index (χ0n) is 19.8. The maximum absolute atomic E-state index is 13.0. The summed E-state index contributed by atoms with van der Waals surface area (Å²) >= 11 is 1.42. The van der Waals surface area contributed by atoms with Crippen LogP contribution in [0.5, 0.6) is 5.75 Å². The number of piperidine rings is 1. The van der Waals surface area contributed by atoms with Gasteiger partial charge in [0.15, 0.2) is 0 Å². The van der Waals surface area contributed by atoms with E-state index in [9.17, 15) is 22.8 Å². The number of thiazole rings is 1. The lowest BCUT2D eigenvalue weighted by molar-refractivity contribution is -0.274. The van der Waals surface area contributed by atoms with Crippen LogP contribution in [0.2, 0.25) is 0 Å².